The lowest BCUT2D eigenvalue weighted by molar-refractivity contribution is 0.103. The van der Waals surface area contributed by atoms with Gasteiger partial charge in [-0.05, 0) is 37.1 Å². The summed E-state index contributed by atoms with van der Waals surface area (Å²) in [6.07, 6.45) is 0. The van der Waals surface area contributed by atoms with Crippen LogP contribution in [-0.2, 0) is 6.54 Å². The van der Waals surface area contributed by atoms with Crippen LogP contribution < -0.4 is 18.9 Å². The molecule has 0 radical (unpaired) electrons. The van der Waals surface area contributed by atoms with Gasteiger partial charge in [-0.25, -0.2) is 0 Å². The first-order chi connectivity index (χ1) is 15.4. The summed E-state index contributed by atoms with van der Waals surface area (Å²) in [5.74, 6) is 8.00. The highest BCUT2D eigenvalue weighted by molar-refractivity contribution is 6.16. The summed E-state index contributed by atoms with van der Waals surface area (Å²) in [5, 5.41) is 5.42. The minimum atomic E-state index is -0.252. The molecule has 0 saturated carbocycles. The number of methoxy groups -OCH3 is 4. The average molecular weight is 437 g/mol. The van der Waals surface area contributed by atoms with Gasteiger partial charge in [0, 0.05) is 17.5 Å². The maximum absolute atomic E-state index is 13.6. The number of ketones is 1. The van der Waals surface area contributed by atoms with Gasteiger partial charge in [0.1, 0.15) is 11.4 Å². The largest absolute Gasteiger partial charge is 0.495 e. The molecule has 0 atom stereocenters. The molecule has 0 aliphatic rings. The van der Waals surface area contributed by atoms with E-state index in [1.54, 1.807) is 26.2 Å². The molecule has 0 aliphatic carbocycles. The monoisotopic (exact) mass is 436 g/mol. The predicted molar refractivity (Wildman–Crippen MR) is 123 cm³/mol. The molecule has 2 aromatic carbocycles. The normalized spacial score (nSPS) is 10.6. The van der Waals surface area contributed by atoms with Gasteiger partial charge in [0.15, 0.2) is 11.5 Å². The van der Waals surface area contributed by atoms with E-state index in [2.05, 4.69) is 25.7 Å². The zero-order valence-electron chi connectivity index (χ0n) is 19.5. The van der Waals surface area contributed by atoms with Crippen LogP contribution in [0.5, 0.6) is 23.0 Å². The standard InChI is InChI=1S/C25H28N2O5/c1-8-9-17-19(29-4)11-10-18-22(26-27(23(17)18)14-15(2)3)24(28)16-12-20(30-5)25(32-7)21(13-16)31-6/h10-13,15H,14H2,1-7H3. The van der Waals surface area contributed by atoms with E-state index in [1.165, 1.54) is 21.3 Å². The number of benzene rings is 2. The maximum Gasteiger partial charge on any atom is 0.214 e. The molecule has 3 rings (SSSR count). The Bertz CT molecular complexity index is 1190. The van der Waals surface area contributed by atoms with E-state index in [0.29, 0.717) is 57.7 Å². The van der Waals surface area contributed by atoms with Gasteiger partial charge >= 0.3 is 0 Å². The molecular formula is C25H28N2O5. The molecule has 1 heterocycles. The highest BCUT2D eigenvalue weighted by atomic mass is 16.5. The van der Waals surface area contributed by atoms with E-state index in [9.17, 15) is 4.79 Å². The van der Waals surface area contributed by atoms with E-state index in [1.807, 2.05) is 16.8 Å². The SMILES string of the molecule is CC#Cc1c(OC)ccc2c(C(=O)c3cc(OC)c(OC)c(OC)c3)nn(CC(C)C)c12. The molecule has 0 aliphatic heterocycles. The highest BCUT2D eigenvalue weighted by Crippen LogP contribution is 2.39. The van der Waals surface area contributed by atoms with Crippen molar-refractivity contribution in [2.45, 2.75) is 27.3 Å². The summed E-state index contributed by atoms with van der Waals surface area (Å²) < 4.78 is 23.6. The third-order valence-corrected chi connectivity index (χ3v) is 5.02. The molecule has 0 N–H and O–H groups in total. The van der Waals surface area contributed by atoms with Gasteiger partial charge in [-0.15, -0.1) is 5.92 Å². The Hall–Kier alpha value is -3.66. The van der Waals surface area contributed by atoms with Gasteiger partial charge in [-0.1, -0.05) is 19.8 Å². The number of aromatic nitrogens is 2. The van der Waals surface area contributed by atoms with Crippen molar-refractivity contribution in [2.75, 3.05) is 28.4 Å². The molecule has 7 heteroatoms. The summed E-state index contributed by atoms with van der Waals surface area (Å²) in [6, 6.07) is 6.93. The number of fused-ring (bicyclic) bond motifs is 1. The molecule has 0 bridgehead atoms. The quantitative estimate of drug-likeness (QED) is 0.387. The molecule has 32 heavy (non-hydrogen) atoms. The molecule has 0 amide bonds. The Morgan fingerprint density at radius 1 is 1.00 bits per heavy atom. The Balaban J connectivity index is 2.28. The zero-order valence-corrected chi connectivity index (χ0v) is 19.5. The Morgan fingerprint density at radius 3 is 2.12 bits per heavy atom. The van der Waals surface area contributed by atoms with Crippen LogP contribution in [0.3, 0.4) is 0 Å². The van der Waals surface area contributed by atoms with Crippen LogP contribution in [-0.4, -0.2) is 44.0 Å². The summed E-state index contributed by atoms with van der Waals surface area (Å²) >= 11 is 0. The summed E-state index contributed by atoms with van der Waals surface area (Å²) in [4.78, 5) is 13.6. The molecule has 1 aromatic heterocycles. The first-order valence-corrected chi connectivity index (χ1v) is 10.2. The summed E-state index contributed by atoms with van der Waals surface area (Å²) in [7, 11) is 6.15. The zero-order chi connectivity index (χ0) is 23.4. The fraction of sp³-hybridized carbons (Fsp3) is 0.360. The lowest BCUT2D eigenvalue weighted by Gasteiger charge is -2.13. The van der Waals surface area contributed by atoms with Gasteiger partial charge in [-0.3, -0.25) is 9.48 Å². The second-order valence-corrected chi connectivity index (χ2v) is 7.58. The minimum absolute atomic E-state index is 0.252. The van der Waals surface area contributed by atoms with E-state index < -0.39 is 0 Å². The van der Waals surface area contributed by atoms with Crippen LogP contribution >= 0.6 is 0 Å². The van der Waals surface area contributed by atoms with Crippen LogP contribution in [0, 0.1) is 17.8 Å². The van der Waals surface area contributed by atoms with Crippen molar-refractivity contribution in [2.24, 2.45) is 5.92 Å². The van der Waals surface area contributed by atoms with E-state index in [0.717, 1.165) is 5.52 Å². The highest BCUT2D eigenvalue weighted by Gasteiger charge is 2.25. The first-order valence-electron chi connectivity index (χ1n) is 10.2. The van der Waals surface area contributed by atoms with Crippen LogP contribution in [0.4, 0.5) is 0 Å². The second kappa shape index (κ2) is 9.65. The Labute approximate surface area is 188 Å². The summed E-state index contributed by atoms with van der Waals surface area (Å²) in [5.41, 5.74) is 2.21. The molecule has 3 aromatic rings. The topological polar surface area (TPSA) is 71.8 Å². The van der Waals surface area contributed by atoms with Crippen molar-refractivity contribution in [3.05, 3.63) is 41.1 Å². The van der Waals surface area contributed by atoms with E-state index >= 15 is 0 Å². The predicted octanol–water partition coefficient (Wildman–Crippen LogP) is 4.33. The van der Waals surface area contributed by atoms with Crippen molar-refractivity contribution in [1.82, 2.24) is 9.78 Å². The fourth-order valence-electron chi connectivity index (χ4n) is 3.67. The first kappa shape index (κ1) is 23.0. The maximum atomic E-state index is 13.6. The van der Waals surface area contributed by atoms with Crippen molar-refractivity contribution in [3.8, 4) is 34.8 Å². The molecule has 0 spiro atoms. The lowest BCUT2D eigenvalue weighted by Crippen LogP contribution is -2.09. The minimum Gasteiger partial charge on any atom is -0.495 e. The number of hydrogen-bond donors (Lipinski definition) is 0. The molecule has 0 saturated heterocycles. The third kappa shape index (κ3) is 4.09. The molecule has 168 valence electrons. The summed E-state index contributed by atoms with van der Waals surface area (Å²) in [6.45, 7) is 6.59. The Kier molecular flexibility index (Phi) is 6.94. The fourth-order valence-corrected chi connectivity index (χ4v) is 3.67. The van der Waals surface area contributed by atoms with Gasteiger partial charge < -0.3 is 18.9 Å². The number of carbonyl (C=O) groups excluding carboxylic acids is 1. The molecular weight excluding hydrogens is 408 g/mol. The van der Waals surface area contributed by atoms with E-state index in [-0.39, 0.29) is 5.78 Å². The molecule has 0 fully saturated rings. The number of rotatable bonds is 8. The van der Waals surface area contributed by atoms with Crippen molar-refractivity contribution < 1.29 is 23.7 Å². The van der Waals surface area contributed by atoms with Gasteiger partial charge in [-0.2, -0.15) is 5.10 Å². The van der Waals surface area contributed by atoms with Gasteiger partial charge in [0.25, 0.3) is 0 Å². The second-order valence-electron chi connectivity index (χ2n) is 7.58. The molecule has 7 nitrogen and oxygen atoms in total. The van der Waals surface area contributed by atoms with Crippen molar-refractivity contribution in [1.29, 1.82) is 0 Å². The third-order valence-electron chi connectivity index (χ3n) is 5.02. The smallest absolute Gasteiger partial charge is 0.214 e. The lowest BCUT2D eigenvalue weighted by atomic mass is 10.0. The molecule has 0 unspecified atom stereocenters. The number of ether oxygens (including phenoxy) is 4. The van der Waals surface area contributed by atoms with Gasteiger partial charge in [0.05, 0.1) is 39.5 Å². The number of hydrogen-bond acceptors (Lipinski definition) is 6. The van der Waals surface area contributed by atoms with Crippen LogP contribution in [0.1, 0.15) is 42.4 Å². The number of nitrogens with zero attached hydrogens (tertiary/aromatic N) is 2. The van der Waals surface area contributed by atoms with Crippen molar-refractivity contribution in [3.63, 3.8) is 0 Å². The number of carbonyl (C=O) groups is 1. The van der Waals surface area contributed by atoms with Crippen molar-refractivity contribution >= 4 is 16.7 Å². The van der Waals surface area contributed by atoms with Crippen LogP contribution in [0.25, 0.3) is 10.9 Å². The Morgan fingerprint density at radius 2 is 1.62 bits per heavy atom. The van der Waals surface area contributed by atoms with E-state index in [4.69, 9.17) is 24.0 Å². The van der Waals surface area contributed by atoms with Crippen LogP contribution in [0.2, 0.25) is 0 Å². The van der Waals surface area contributed by atoms with Gasteiger partial charge in [0.2, 0.25) is 11.5 Å². The average Bonchev–Trinajstić information content (AvgIpc) is 3.15. The van der Waals surface area contributed by atoms with Crippen LogP contribution in [0.15, 0.2) is 24.3 Å².